The van der Waals surface area contributed by atoms with Crippen molar-refractivity contribution < 1.29 is 14.2 Å². The summed E-state index contributed by atoms with van der Waals surface area (Å²) >= 11 is 6.20. The Labute approximate surface area is 163 Å². The molecule has 1 N–H and O–H groups in total. The van der Waals surface area contributed by atoms with E-state index in [-0.39, 0.29) is 0 Å². The van der Waals surface area contributed by atoms with Crippen molar-refractivity contribution in [1.29, 1.82) is 0 Å². The summed E-state index contributed by atoms with van der Waals surface area (Å²) in [7, 11) is 1.62. The lowest BCUT2D eigenvalue weighted by Crippen LogP contribution is -2.49. The van der Waals surface area contributed by atoms with Crippen molar-refractivity contribution in [1.82, 2.24) is 4.98 Å². The van der Waals surface area contributed by atoms with E-state index in [1.165, 1.54) is 0 Å². The molecule has 0 saturated carbocycles. The average Bonchev–Trinajstić information content (AvgIpc) is 2.93. The molecule has 27 heavy (non-hydrogen) atoms. The summed E-state index contributed by atoms with van der Waals surface area (Å²) in [5, 5.41) is 14.7. The average molecular weight is 381 g/mol. The predicted octanol–water partition coefficient (Wildman–Crippen LogP) is 4.60. The number of benzene rings is 2. The highest BCUT2D eigenvalue weighted by atomic mass is 35.5. The van der Waals surface area contributed by atoms with Crippen molar-refractivity contribution in [2.45, 2.75) is 38.9 Å². The molecule has 0 amide bonds. The van der Waals surface area contributed by atoms with Gasteiger partial charge in [0.15, 0.2) is 0 Å². The second-order valence-electron chi connectivity index (χ2n) is 7.82. The predicted molar refractivity (Wildman–Crippen MR) is 111 cm³/mol. The smallest absolute Gasteiger partial charge is 0.331 e. The molecule has 0 atom stereocenters. The molecule has 137 valence electrons. The molecule has 6 heteroatoms. The fraction of sp³-hybridized carbons (Fsp3) is 0.286. The summed E-state index contributed by atoms with van der Waals surface area (Å²) in [5.41, 5.74) is 0.157. The number of fused-ring (bicyclic) bond motifs is 4. The molecule has 0 saturated heterocycles. The van der Waals surface area contributed by atoms with Crippen molar-refractivity contribution in [2.75, 3.05) is 0 Å². The van der Waals surface area contributed by atoms with Crippen molar-refractivity contribution >= 4 is 57.4 Å². The molecule has 4 rings (SSSR count). The number of nitrogens with zero attached hydrogens (tertiary/aromatic N) is 1. The molecule has 2 aromatic carbocycles. The van der Waals surface area contributed by atoms with E-state index in [0.717, 1.165) is 32.6 Å². The first-order valence-electron chi connectivity index (χ1n) is 8.81. The van der Waals surface area contributed by atoms with Gasteiger partial charge in [-0.15, -0.1) is 0 Å². The molecule has 4 aromatic rings. The Morgan fingerprint density at radius 3 is 2.41 bits per heavy atom. The second kappa shape index (κ2) is 6.23. The largest absolute Gasteiger partial charge is 0.438 e. The van der Waals surface area contributed by atoms with E-state index in [1.807, 2.05) is 38.1 Å². The van der Waals surface area contributed by atoms with E-state index in [4.69, 9.17) is 20.7 Å². The Hall–Kier alpha value is -2.08. The van der Waals surface area contributed by atoms with Crippen LogP contribution in [0.4, 0.5) is 0 Å². The third-order valence-electron chi connectivity index (χ3n) is 5.26. The third kappa shape index (κ3) is 3.20. The molecule has 0 unspecified atom stereocenters. The normalized spacial score (nSPS) is 13.0. The zero-order valence-corrected chi connectivity index (χ0v) is 16.5. The van der Waals surface area contributed by atoms with Crippen LogP contribution >= 0.6 is 11.6 Å². The molecule has 2 aromatic heterocycles. The minimum atomic E-state index is -1.02. The number of furan rings is 1. The lowest BCUT2D eigenvalue weighted by molar-refractivity contribution is -0.0893. The molecule has 0 aliphatic heterocycles. The van der Waals surface area contributed by atoms with Crippen LogP contribution in [0.25, 0.3) is 32.8 Å². The van der Waals surface area contributed by atoms with Gasteiger partial charge < -0.3 is 14.2 Å². The van der Waals surface area contributed by atoms with Gasteiger partial charge in [0.2, 0.25) is 5.71 Å². The summed E-state index contributed by atoms with van der Waals surface area (Å²) in [4.78, 5) is 4.33. The fourth-order valence-corrected chi connectivity index (χ4v) is 3.10. The SMILES string of the molecule is CC(C)(O)C(C)(C)O[B]c1cc(Cl)nc2oc3cc4ccccc4cc3c12. The van der Waals surface area contributed by atoms with E-state index in [0.29, 0.717) is 10.9 Å². The number of hydrogen-bond donors (Lipinski definition) is 1. The van der Waals surface area contributed by atoms with Gasteiger partial charge in [-0.25, -0.2) is 4.98 Å². The van der Waals surface area contributed by atoms with Crippen molar-refractivity contribution in [3.63, 3.8) is 0 Å². The van der Waals surface area contributed by atoms with Crippen molar-refractivity contribution in [2.24, 2.45) is 0 Å². The molecule has 2 heterocycles. The highest BCUT2D eigenvalue weighted by Crippen LogP contribution is 2.31. The minimum Gasteiger partial charge on any atom is -0.438 e. The third-order valence-corrected chi connectivity index (χ3v) is 5.46. The van der Waals surface area contributed by atoms with Crippen molar-refractivity contribution in [3.05, 3.63) is 47.6 Å². The number of rotatable bonds is 4. The molecule has 0 aliphatic rings. The van der Waals surface area contributed by atoms with Gasteiger partial charge in [0, 0.05) is 10.8 Å². The van der Waals surface area contributed by atoms with Gasteiger partial charge in [-0.2, -0.15) is 0 Å². The Morgan fingerprint density at radius 1 is 1.07 bits per heavy atom. The van der Waals surface area contributed by atoms with E-state index >= 15 is 0 Å². The van der Waals surface area contributed by atoms with E-state index < -0.39 is 11.2 Å². The Balaban J connectivity index is 1.88. The monoisotopic (exact) mass is 380 g/mol. The van der Waals surface area contributed by atoms with Crippen LogP contribution in [-0.4, -0.2) is 28.8 Å². The first-order valence-corrected chi connectivity index (χ1v) is 9.18. The first kappa shape index (κ1) is 18.3. The second-order valence-corrected chi connectivity index (χ2v) is 8.20. The summed E-state index contributed by atoms with van der Waals surface area (Å²) < 4.78 is 11.9. The highest BCUT2D eigenvalue weighted by Gasteiger charge is 2.36. The molecule has 0 spiro atoms. The Kier molecular flexibility index (Phi) is 4.22. The minimum absolute atomic E-state index is 0.321. The van der Waals surface area contributed by atoms with Gasteiger partial charge >= 0.3 is 7.48 Å². The van der Waals surface area contributed by atoms with Crippen LogP contribution in [0.5, 0.6) is 0 Å². The molecule has 0 bridgehead atoms. The van der Waals surface area contributed by atoms with Crippen LogP contribution in [0.1, 0.15) is 27.7 Å². The number of halogens is 1. The van der Waals surface area contributed by atoms with E-state index in [9.17, 15) is 5.11 Å². The van der Waals surface area contributed by atoms with Gasteiger partial charge in [-0.05, 0) is 62.1 Å². The topological polar surface area (TPSA) is 55.5 Å². The Bertz CT molecular complexity index is 1160. The molecular formula is C21H20BClNO3. The molecule has 4 nitrogen and oxygen atoms in total. The number of hydrogen-bond acceptors (Lipinski definition) is 4. The molecule has 1 radical (unpaired) electrons. The van der Waals surface area contributed by atoms with Gasteiger partial charge in [0.1, 0.15) is 10.7 Å². The lowest BCUT2D eigenvalue weighted by Gasteiger charge is -2.37. The summed E-state index contributed by atoms with van der Waals surface area (Å²) in [6.45, 7) is 7.11. The highest BCUT2D eigenvalue weighted by molar-refractivity contribution is 6.53. The zero-order valence-electron chi connectivity index (χ0n) is 15.7. The van der Waals surface area contributed by atoms with E-state index in [1.54, 1.807) is 27.4 Å². The van der Waals surface area contributed by atoms with Gasteiger partial charge in [-0.1, -0.05) is 35.9 Å². The van der Waals surface area contributed by atoms with Crippen LogP contribution in [0.15, 0.2) is 46.9 Å². The molecular weight excluding hydrogens is 361 g/mol. The maximum absolute atomic E-state index is 10.3. The van der Waals surface area contributed by atoms with Gasteiger partial charge in [0.05, 0.1) is 11.2 Å². The summed E-state index contributed by atoms with van der Waals surface area (Å²) in [6, 6.07) is 14.0. The van der Waals surface area contributed by atoms with Crippen LogP contribution < -0.4 is 5.46 Å². The van der Waals surface area contributed by atoms with Crippen LogP contribution in [0, 0.1) is 0 Å². The van der Waals surface area contributed by atoms with E-state index in [2.05, 4.69) is 17.1 Å². The standard InChI is InChI=1S/C21H20BClNO3/c1-20(2,25)21(3,4)27-22-15-11-17(23)24-19-18(15)14-9-12-7-5-6-8-13(12)10-16(14)26-19/h5-11,25H,1-4H3. The van der Waals surface area contributed by atoms with Crippen LogP contribution in [-0.2, 0) is 4.65 Å². The summed E-state index contributed by atoms with van der Waals surface area (Å²) in [5.74, 6) is 0. The van der Waals surface area contributed by atoms with Gasteiger partial charge in [-0.3, -0.25) is 0 Å². The zero-order chi connectivity index (χ0) is 19.4. The maximum Gasteiger partial charge on any atom is 0.331 e. The summed E-state index contributed by atoms with van der Waals surface area (Å²) in [6.07, 6.45) is 0. The lowest BCUT2D eigenvalue weighted by atomic mass is 9.81. The fourth-order valence-electron chi connectivity index (χ4n) is 2.91. The number of aromatic nitrogens is 1. The van der Waals surface area contributed by atoms with Crippen LogP contribution in [0.2, 0.25) is 5.15 Å². The molecule has 0 fully saturated rings. The number of aliphatic hydroxyl groups is 1. The quantitative estimate of drug-likeness (QED) is 0.415. The molecule has 0 aliphatic carbocycles. The Morgan fingerprint density at radius 2 is 1.74 bits per heavy atom. The first-order chi connectivity index (χ1) is 12.7. The number of pyridine rings is 1. The van der Waals surface area contributed by atoms with Crippen LogP contribution in [0.3, 0.4) is 0 Å². The van der Waals surface area contributed by atoms with Crippen molar-refractivity contribution in [3.8, 4) is 0 Å². The maximum atomic E-state index is 10.3. The van der Waals surface area contributed by atoms with Gasteiger partial charge in [0.25, 0.3) is 0 Å².